The fourth-order valence-electron chi connectivity index (χ4n) is 4.57. The monoisotopic (exact) mass is 399 g/mol. The van der Waals surface area contributed by atoms with E-state index in [-0.39, 0.29) is 29.0 Å². The average Bonchev–Trinajstić information content (AvgIpc) is 3.05. The van der Waals surface area contributed by atoms with Gasteiger partial charge in [-0.3, -0.25) is 4.79 Å². The maximum Gasteiger partial charge on any atom is 0.336 e. The summed E-state index contributed by atoms with van der Waals surface area (Å²) in [5.41, 5.74) is -1.22. The molecular weight excluding hydrogens is 378 g/mol. The molecule has 4 atom stereocenters. The SMILES string of the molecule is COC(=O)C1=C(CF)NC2=C(C(=O)CC2)[C@@H]1C1(C)C=CC=C(F)C1[C@@H](F)CF. The van der Waals surface area contributed by atoms with Crippen molar-refractivity contribution in [2.45, 2.75) is 25.9 Å². The standard InChI is InChI=1S/C20H21F4NO3/c1-20(7-3-4-10(23)17(20)11(24)8-21)18-15-12(5-6-14(15)26)25-13(9-22)16(18)19(27)28-2/h3-4,7,11,17-18,25H,5-6,8-9H2,1-2H3/t11-,17?,18-,20?/m0/s1. The zero-order chi connectivity index (χ0) is 20.6. The quantitative estimate of drug-likeness (QED) is 0.567. The Labute approximate surface area is 160 Å². The second kappa shape index (κ2) is 7.56. The number of nitrogens with one attached hydrogen (secondary N) is 1. The molecule has 0 saturated heterocycles. The van der Waals surface area contributed by atoms with Gasteiger partial charge in [0, 0.05) is 29.0 Å². The summed E-state index contributed by atoms with van der Waals surface area (Å²) >= 11 is 0. The van der Waals surface area contributed by atoms with E-state index in [1.165, 1.54) is 19.1 Å². The van der Waals surface area contributed by atoms with Gasteiger partial charge in [-0.1, -0.05) is 19.1 Å². The number of allylic oxidation sites excluding steroid dienone is 7. The van der Waals surface area contributed by atoms with Gasteiger partial charge in [-0.05, 0) is 12.5 Å². The highest BCUT2D eigenvalue weighted by atomic mass is 19.2. The molecule has 0 saturated carbocycles. The number of carbonyl (C=O) groups is 2. The van der Waals surface area contributed by atoms with Crippen LogP contribution in [0.1, 0.15) is 19.8 Å². The van der Waals surface area contributed by atoms with Gasteiger partial charge in [0.1, 0.15) is 25.3 Å². The summed E-state index contributed by atoms with van der Waals surface area (Å²) in [4.78, 5) is 25.1. The molecule has 1 heterocycles. The lowest BCUT2D eigenvalue weighted by molar-refractivity contribution is -0.137. The Bertz CT molecular complexity index is 829. The van der Waals surface area contributed by atoms with Gasteiger partial charge >= 0.3 is 5.97 Å². The molecule has 152 valence electrons. The fourth-order valence-corrected chi connectivity index (χ4v) is 4.57. The number of Topliss-reactive ketones (excluding diaryl/α,β-unsaturated/α-hetero) is 1. The van der Waals surface area contributed by atoms with Crippen molar-refractivity contribution in [3.63, 3.8) is 0 Å². The van der Waals surface area contributed by atoms with E-state index < -0.39 is 48.6 Å². The number of alkyl halides is 3. The van der Waals surface area contributed by atoms with Crippen LogP contribution in [-0.2, 0) is 14.3 Å². The zero-order valence-electron chi connectivity index (χ0n) is 15.5. The summed E-state index contributed by atoms with van der Waals surface area (Å²) in [7, 11) is 1.10. The number of halogens is 4. The zero-order valence-corrected chi connectivity index (χ0v) is 15.5. The summed E-state index contributed by atoms with van der Waals surface area (Å²) in [5.74, 6) is -4.84. The van der Waals surface area contributed by atoms with Crippen LogP contribution in [0.25, 0.3) is 0 Å². The first-order chi connectivity index (χ1) is 13.3. The molecule has 2 aliphatic carbocycles. The maximum atomic E-state index is 14.6. The van der Waals surface area contributed by atoms with Crippen molar-refractivity contribution >= 4 is 11.8 Å². The molecule has 0 spiro atoms. The Hall–Kier alpha value is -2.38. The van der Waals surface area contributed by atoms with Crippen LogP contribution in [0.4, 0.5) is 17.6 Å². The molecule has 0 fully saturated rings. The summed E-state index contributed by atoms with van der Waals surface area (Å²) in [5, 5.41) is 2.78. The number of methoxy groups -OCH3 is 1. The van der Waals surface area contributed by atoms with Crippen molar-refractivity contribution in [3.05, 3.63) is 46.6 Å². The van der Waals surface area contributed by atoms with Crippen LogP contribution in [0.3, 0.4) is 0 Å². The van der Waals surface area contributed by atoms with E-state index in [9.17, 15) is 27.2 Å². The molecule has 28 heavy (non-hydrogen) atoms. The third kappa shape index (κ3) is 2.99. The molecule has 3 rings (SSSR count). The van der Waals surface area contributed by atoms with Gasteiger partial charge in [-0.25, -0.2) is 22.4 Å². The molecule has 8 heteroatoms. The van der Waals surface area contributed by atoms with Gasteiger partial charge < -0.3 is 10.1 Å². The first kappa shape index (κ1) is 20.4. The Morgan fingerprint density at radius 1 is 1.39 bits per heavy atom. The number of hydrogen-bond acceptors (Lipinski definition) is 4. The number of carbonyl (C=O) groups excluding carboxylic acids is 2. The van der Waals surface area contributed by atoms with Gasteiger partial charge in [0.25, 0.3) is 0 Å². The molecule has 0 radical (unpaired) electrons. The fraction of sp³-hybridized carbons (Fsp3) is 0.500. The van der Waals surface area contributed by atoms with E-state index in [1.54, 1.807) is 0 Å². The Morgan fingerprint density at radius 2 is 2.11 bits per heavy atom. The van der Waals surface area contributed by atoms with Crippen LogP contribution in [0, 0.1) is 17.3 Å². The molecule has 1 aliphatic heterocycles. The molecule has 2 unspecified atom stereocenters. The van der Waals surface area contributed by atoms with E-state index >= 15 is 0 Å². The Balaban J connectivity index is 2.26. The van der Waals surface area contributed by atoms with Gasteiger partial charge in [0.05, 0.1) is 24.3 Å². The van der Waals surface area contributed by atoms with Gasteiger partial charge in [0.15, 0.2) is 5.78 Å². The number of ether oxygens (including phenoxy) is 1. The van der Waals surface area contributed by atoms with E-state index in [0.717, 1.165) is 13.2 Å². The van der Waals surface area contributed by atoms with Crippen molar-refractivity contribution in [2.75, 3.05) is 20.5 Å². The van der Waals surface area contributed by atoms with E-state index in [4.69, 9.17) is 4.74 Å². The molecular formula is C20H21F4NO3. The highest BCUT2D eigenvalue weighted by molar-refractivity contribution is 6.03. The Kier molecular flexibility index (Phi) is 5.50. The number of rotatable bonds is 5. The summed E-state index contributed by atoms with van der Waals surface area (Å²) in [6, 6.07) is 0. The van der Waals surface area contributed by atoms with E-state index in [2.05, 4.69) is 5.32 Å². The maximum absolute atomic E-state index is 14.6. The average molecular weight is 399 g/mol. The number of ketones is 1. The second-order valence-electron chi connectivity index (χ2n) is 7.32. The van der Waals surface area contributed by atoms with E-state index in [0.29, 0.717) is 12.1 Å². The normalized spacial score (nSPS) is 30.8. The predicted molar refractivity (Wildman–Crippen MR) is 93.7 cm³/mol. The first-order valence-corrected chi connectivity index (χ1v) is 8.95. The summed E-state index contributed by atoms with van der Waals surface area (Å²) in [6.07, 6.45) is 2.05. The summed E-state index contributed by atoms with van der Waals surface area (Å²) in [6.45, 7) is -1.04. The Morgan fingerprint density at radius 3 is 2.71 bits per heavy atom. The van der Waals surface area contributed by atoms with Crippen molar-refractivity contribution in [1.82, 2.24) is 5.32 Å². The minimum Gasteiger partial charge on any atom is -0.466 e. The minimum absolute atomic E-state index is 0.107. The lowest BCUT2D eigenvalue weighted by Gasteiger charge is -2.46. The molecule has 4 nitrogen and oxygen atoms in total. The van der Waals surface area contributed by atoms with Crippen molar-refractivity contribution in [1.29, 1.82) is 0 Å². The highest BCUT2D eigenvalue weighted by Crippen LogP contribution is 2.55. The molecule has 1 N–H and O–H groups in total. The van der Waals surface area contributed by atoms with Gasteiger partial charge in [-0.15, -0.1) is 0 Å². The van der Waals surface area contributed by atoms with Gasteiger partial charge in [0.2, 0.25) is 0 Å². The first-order valence-electron chi connectivity index (χ1n) is 8.95. The van der Waals surface area contributed by atoms with Crippen LogP contribution >= 0.6 is 0 Å². The third-order valence-electron chi connectivity index (χ3n) is 5.78. The number of dihydropyridines is 1. The van der Waals surface area contributed by atoms with Crippen molar-refractivity contribution < 1.29 is 31.9 Å². The molecule has 0 aromatic rings. The van der Waals surface area contributed by atoms with Crippen molar-refractivity contribution in [2.24, 2.45) is 17.3 Å². The molecule has 3 aliphatic rings. The molecule has 0 amide bonds. The number of esters is 1. The smallest absolute Gasteiger partial charge is 0.336 e. The predicted octanol–water partition coefficient (Wildman–Crippen LogP) is 3.57. The lowest BCUT2D eigenvalue weighted by Crippen LogP contribution is -2.47. The lowest BCUT2D eigenvalue weighted by atomic mass is 9.58. The van der Waals surface area contributed by atoms with Crippen LogP contribution in [-0.4, -0.2) is 38.4 Å². The van der Waals surface area contributed by atoms with Crippen LogP contribution < -0.4 is 5.32 Å². The second-order valence-corrected chi connectivity index (χ2v) is 7.32. The molecule has 0 aromatic carbocycles. The number of hydrogen-bond donors (Lipinski definition) is 1. The van der Waals surface area contributed by atoms with Gasteiger partial charge in [-0.2, -0.15) is 0 Å². The topological polar surface area (TPSA) is 55.4 Å². The summed E-state index contributed by atoms with van der Waals surface area (Å²) < 4.78 is 61.0. The molecule has 0 bridgehead atoms. The molecule has 0 aromatic heterocycles. The van der Waals surface area contributed by atoms with Crippen molar-refractivity contribution in [3.8, 4) is 0 Å². The minimum atomic E-state index is -2.20. The van der Waals surface area contributed by atoms with Crippen LogP contribution in [0.2, 0.25) is 0 Å². The van der Waals surface area contributed by atoms with Crippen LogP contribution in [0.15, 0.2) is 46.6 Å². The third-order valence-corrected chi connectivity index (χ3v) is 5.78. The van der Waals surface area contributed by atoms with Crippen LogP contribution in [0.5, 0.6) is 0 Å². The highest BCUT2D eigenvalue weighted by Gasteiger charge is 2.55. The largest absolute Gasteiger partial charge is 0.466 e. The van der Waals surface area contributed by atoms with E-state index in [1.807, 2.05) is 0 Å².